The normalized spacial score (nSPS) is 10.7. The van der Waals surface area contributed by atoms with Crippen LogP contribution in [0.5, 0.6) is 0 Å². The number of aromatic amines is 2. The summed E-state index contributed by atoms with van der Waals surface area (Å²) in [4.78, 5) is 32.9. The largest absolute Gasteiger partial charge is 0.465 e. The fraction of sp³-hybridized carbons (Fsp3) is 0.0769. The lowest BCUT2D eigenvalue weighted by molar-refractivity contribution is 0.0592. The van der Waals surface area contributed by atoms with Crippen LogP contribution in [-0.4, -0.2) is 56.5 Å². The summed E-state index contributed by atoms with van der Waals surface area (Å²) in [7, 11) is 2.67. The smallest absolute Gasteiger partial charge is 0.337 e. The van der Waals surface area contributed by atoms with Gasteiger partial charge in [-0.25, -0.2) is 19.6 Å². The van der Waals surface area contributed by atoms with Crippen molar-refractivity contribution in [1.82, 2.24) is 30.4 Å². The average molecular weight is 480 g/mol. The Morgan fingerprint density at radius 2 is 1.03 bits per heavy atom. The summed E-state index contributed by atoms with van der Waals surface area (Å²) in [6, 6.07) is 21.4. The molecule has 3 aromatic carbocycles. The van der Waals surface area contributed by atoms with Crippen LogP contribution in [0, 0.1) is 0 Å². The van der Waals surface area contributed by atoms with Crippen LogP contribution in [0.3, 0.4) is 0 Å². The third kappa shape index (κ3) is 4.47. The third-order valence-electron chi connectivity index (χ3n) is 5.46. The van der Waals surface area contributed by atoms with Gasteiger partial charge >= 0.3 is 11.9 Å². The van der Waals surface area contributed by atoms with E-state index in [-0.39, 0.29) is 0 Å². The van der Waals surface area contributed by atoms with Gasteiger partial charge in [0.05, 0.1) is 25.3 Å². The zero-order valence-electron chi connectivity index (χ0n) is 19.4. The van der Waals surface area contributed by atoms with Crippen molar-refractivity contribution in [2.45, 2.75) is 0 Å². The standard InChI is InChI=1S/C26H20N6O4/c1-35-25(33)19-10-4-8-17(13-19)23-27-21(29-31-23)15-6-3-7-16(12-15)22-28-24(32-30-22)18-9-5-11-20(14-18)26(34)36-2/h3-14H,1-2H3,(H,27,29,31)(H,28,30,32). The number of methoxy groups -OCH3 is 2. The molecule has 0 atom stereocenters. The fourth-order valence-electron chi connectivity index (χ4n) is 3.66. The summed E-state index contributed by atoms with van der Waals surface area (Å²) in [5.41, 5.74) is 3.79. The Hall–Kier alpha value is -5.12. The van der Waals surface area contributed by atoms with Crippen molar-refractivity contribution in [3.8, 4) is 45.6 Å². The number of aromatic nitrogens is 6. The van der Waals surface area contributed by atoms with Gasteiger partial charge < -0.3 is 9.47 Å². The predicted molar refractivity (Wildman–Crippen MR) is 131 cm³/mol. The van der Waals surface area contributed by atoms with Crippen molar-refractivity contribution in [1.29, 1.82) is 0 Å². The maximum absolute atomic E-state index is 11.8. The monoisotopic (exact) mass is 480 g/mol. The lowest BCUT2D eigenvalue weighted by Gasteiger charge is -2.01. The quantitative estimate of drug-likeness (QED) is 0.346. The molecule has 2 N–H and O–H groups in total. The molecule has 178 valence electrons. The van der Waals surface area contributed by atoms with Gasteiger partial charge in [0.2, 0.25) is 0 Å². The molecule has 10 heteroatoms. The maximum atomic E-state index is 11.8. The highest BCUT2D eigenvalue weighted by atomic mass is 16.5. The number of ether oxygens (including phenoxy) is 2. The number of carbonyl (C=O) groups is 2. The lowest BCUT2D eigenvalue weighted by atomic mass is 10.1. The summed E-state index contributed by atoms with van der Waals surface area (Å²) in [6.07, 6.45) is 0. The number of carbonyl (C=O) groups excluding carboxylic acids is 2. The number of esters is 2. The van der Waals surface area contributed by atoms with Crippen molar-refractivity contribution < 1.29 is 19.1 Å². The second-order valence-electron chi connectivity index (χ2n) is 7.74. The van der Waals surface area contributed by atoms with Crippen molar-refractivity contribution in [3.63, 3.8) is 0 Å². The first kappa shape index (κ1) is 22.7. The SMILES string of the molecule is COC(=O)c1cccc(-c2n[nH]c(-c3cccc(-c4nc(-c5cccc(C(=O)OC)c5)n[nH]4)c3)n2)c1. The summed E-state index contributed by atoms with van der Waals surface area (Å²) >= 11 is 0. The second-order valence-corrected chi connectivity index (χ2v) is 7.74. The van der Waals surface area contributed by atoms with E-state index in [9.17, 15) is 9.59 Å². The molecule has 2 aromatic heterocycles. The first-order chi connectivity index (χ1) is 17.6. The third-order valence-corrected chi connectivity index (χ3v) is 5.46. The molecule has 0 spiro atoms. The van der Waals surface area contributed by atoms with Gasteiger partial charge in [-0.1, -0.05) is 42.5 Å². The summed E-state index contributed by atoms with van der Waals surface area (Å²) < 4.78 is 9.57. The maximum Gasteiger partial charge on any atom is 0.337 e. The van der Waals surface area contributed by atoms with Crippen molar-refractivity contribution in [2.24, 2.45) is 0 Å². The molecule has 10 nitrogen and oxygen atoms in total. The number of H-pyrrole nitrogens is 2. The highest BCUT2D eigenvalue weighted by Gasteiger charge is 2.14. The lowest BCUT2D eigenvalue weighted by Crippen LogP contribution is -2.00. The molecule has 0 aliphatic heterocycles. The van der Waals surface area contributed by atoms with E-state index in [0.717, 1.165) is 11.1 Å². The molecule has 0 saturated carbocycles. The molecule has 0 radical (unpaired) electrons. The fourth-order valence-corrected chi connectivity index (χ4v) is 3.66. The molecular weight excluding hydrogens is 460 g/mol. The molecule has 36 heavy (non-hydrogen) atoms. The van der Waals surface area contributed by atoms with E-state index < -0.39 is 11.9 Å². The molecule has 0 fully saturated rings. The van der Waals surface area contributed by atoms with E-state index in [2.05, 4.69) is 30.4 Å². The van der Waals surface area contributed by atoms with Gasteiger partial charge in [-0.15, -0.1) is 0 Å². The molecule has 0 aliphatic rings. The molecule has 0 amide bonds. The van der Waals surface area contributed by atoms with Gasteiger partial charge in [0, 0.05) is 22.3 Å². The number of nitrogens with zero attached hydrogens (tertiary/aromatic N) is 4. The Morgan fingerprint density at radius 1 is 0.611 bits per heavy atom. The highest BCUT2D eigenvalue weighted by molar-refractivity contribution is 5.91. The van der Waals surface area contributed by atoms with Gasteiger partial charge in [-0.3, -0.25) is 10.2 Å². The summed E-state index contributed by atoms with van der Waals surface area (Å²) in [5.74, 6) is 1.16. The van der Waals surface area contributed by atoms with Crippen LogP contribution in [0.25, 0.3) is 45.6 Å². The summed E-state index contributed by atoms with van der Waals surface area (Å²) in [5, 5.41) is 14.5. The first-order valence-electron chi connectivity index (χ1n) is 10.9. The first-order valence-corrected chi connectivity index (χ1v) is 10.9. The van der Waals surface area contributed by atoms with Crippen LogP contribution < -0.4 is 0 Å². The minimum atomic E-state index is -0.427. The van der Waals surface area contributed by atoms with Crippen LogP contribution in [0.2, 0.25) is 0 Å². The average Bonchev–Trinajstić information content (AvgIpc) is 3.63. The Balaban J connectivity index is 1.41. The van der Waals surface area contributed by atoms with Crippen LogP contribution in [0.1, 0.15) is 20.7 Å². The van der Waals surface area contributed by atoms with Gasteiger partial charge in [0.25, 0.3) is 0 Å². The van der Waals surface area contributed by atoms with E-state index in [1.54, 1.807) is 36.4 Å². The predicted octanol–water partition coefficient (Wildman–Crippen LogP) is 4.16. The summed E-state index contributed by atoms with van der Waals surface area (Å²) in [6.45, 7) is 0. The minimum absolute atomic E-state index is 0.418. The Kier molecular flexibility index (Phi) is 6.06. The van der Waals surface area contributed by atoms with E-state index in [0.29, 0.717) is 45.6 Å². The number of rotatable bonds is 6. The van der Waals surface area contributed by atoms with Crippen molar-refractivity contribution >= 4 is 11.9 Å². The molecule has 2 heterocycles. The van der Waals surface area contributed by atoms with Gasteiger partial charge in [-0.05, 0) is 30.3 Å². The van der Waals surface area contributed by atoms with Crippen LogP contribution in [-0.2, 0) is 9.47 Å². The second kappa shape index (κ2) is 9.63. The minimum Gasteiger partial charge on any atom is -0.465 e. The van der Waals surface area contributed by atoms with Gasteiger partial charge in [-0.2, -0.15) is 10.2 Å². The molecule has 0 aliphatic carbocycles. The number of hydrogen-bond donors (Lipinski definition) is 2. The van der Waals surface area contributed by atoms with E-state index in [1.165, 1.54) is 14.2 Å². The van der Waals surface area contributed by atoms with E-state index in [1.807, 2.05) is 36.4 Å². The number of nitrogens with one attached hydrogen (secondary N) is 2. The topological polar surface area (TPSA) is 136 Å². The zero-order chi connectivity index (χ0) is 25.1. The van der Waals surface area contributed by atoms with Crippen LogP contribution >= 0.6 is 0 Å². The van der Waals surface area contributed by atoms with Gasteiger partial charge in [0.15, 0.2) is 23.3 Å². The van der Waals surface area contributed by atoms with Crippen molar-refractivity contribution in [2.75, 3.05) is 14.2 Å². The van der Waals surface area contributed by atoms with Crippen LogP contribution in [0.4, 0.5) is 0 Å². The Bertz CT molecular complexity index is 1460. The Morgan fingerprint density at radius 3 is 1.47 bits per heavy atom. The van der Waals surface area contributed by atoms with E-state index in [4.69, 9.17) is 9.47 Å². The molecule has 0 saturated heterocycles. The molecular formula is C26H20N6O4. The van der Waals surface area contributed by atoms with Gasteiger partial charge in [0.1, 0.15) is 0 Å². The Labute approximate surface area is 205 Å². The number of hydrogen-bond acceptors (Lipinski definition) is 8. The molecule has 0 unspecified atom stereocenters. The molecule has 5 aromatic rings. The van der Waals surface area contributed by atoms with Crippen molar-refractivity contribution in [3.05, 3.63) is 83.9 Å². The zero-order valence-corrected chi connectivity index (χ0v) is 19.4. The number of benzene rings is 3. The van der Waals surface area contributed by atoms with E-state index >= 15 is 0 Å². The molecule has 0 bridgehead atoms. The van der Waals surface area contributed by atoms with Crippen LogP contribution in [0.15, 0.2) is 72.8 Å². The highest BCUT2D eigenvalue weighted by Crippen LogP contribution is 2.26. The molecule has 5 rings (SSSR count).